The fourth-order valence-corrected chi connectivity index (χ4v) is 2.81. The topological polar surface area (TPSA) is 228 Å². The van der Waals surface area contributed by atoms with E-state index < -0.39 is 79.4 Å². The molecule has 0 saturated heterocycles. The Morgan fingerprint density at radius 3 is 1.91 bits per heavy atom. The van der Waals surface area contributed by atoms with Gasteiger partial charge in [0, 0.05) is 12.8 Å². The first-order valence-electron chi connectivity index (χ1n) is 10.4. The maximum absolute atomic E-state index is 12.9. The molecular weight excluding hydrogens is 452 g/mol. The van der Waals surface area contributed by atoms with E-state index in [-0.39, 0.29) is 6.42 Å². The molecule has 0 aromatic heterocycles. The van der Waals surface area contributed by atoms with Gasteiger partial charge in [0.1, 0.15) is 24.2 Å². The summed E-state index contributed by atoms with van der Waals surface area (Å²) >= 11 is 0. The number of aliphatic hydroxyl groups is 2. The number of carboxylic acid groups (broad SMARTS) is 2. The molecule has 0 aliphatic carbocycles. The van der Waals surface area contributed by atoms with Crippen LogP contribution < -0.4 is 21.7 Å². The van der Waals surface area contributed by atoms with Crippen LogP contribution in [0.5, 0.6) is 0 Å². The van der Waals surface area contributed by atoms with Gasteiger partial charge in [-0.25, -0.2) is 4.79 Å². The Bertz CT molecular complexity index is 863. The average molecular weight is 482 g/mol. The van der Waals surface area contributed by atoms with Crippen molar-refractivity contribution in [2.45, 2.75) is 56.5 Å². The van der Waals surface area contributed by atoms with E-state index in [0.717, 1.165) is 0 Å². The van der Waals surface area contributed by atoms with E-state index in [4.69, 9.17) is 10.8 Å². The molecule has 0 aliphatic heterocycles. The zero-order valence-corrected chi connectivity index (χ0v) is 18.5. The van der Waals surface area contributed by atoms with E-state index in [0.29, 0.717) is 5.56 Å². The summed E-state index contributed by atoms with van der Waals surface area (Å²) in [5.74, 6) is -5.50. The van der Waals surface area contributed by atoms with Crippen LogP contribution in [-0.2, 0) is 30.4 Å². The third kappa shape index (κ3) is 9.52. The van der Waals surface area contributed by atoms with Crippen molar-refractivity contribution >= 4 is 29.7 Å². The lowest BCUT2D eigenvalue weighted by molar-refractivity contribution is -0.143. The molecule has 0 spiro atoms. The van der Waals surface area contributed by atoms with Gasteiger partial charge in [0.25, 0.3) is 0 Å². The van der Waals surface area contributed by atoms with Crippen molar-refractivity contribution in [3.8, 4) is 0 Å². The lowest BCUT2D eigenvalue weighted by Gasteiger charge is -2.25. The Kier molecular flexibility index (Phi) is 11.6. The number of rotatable bonds is 14. The molecule has 1 aromatic rings. The largest absolute Gasteiger partial charge is 0.481 e. The second-order valence-electron chi connectivity index (χ2n) is 7.59. The lowest BCUT2D eigenvalue weighted by Crippen LogP contribution is -2.59. The maximum Gasteiger partial charge on any atom is 0.326 e. The molecule has 0 aliphatic rings. The minimum atomic E-state index is -1.58. The molecule has 188 valence electrons. The van der Waals surface area contributed by atoms with Crippen molar-refractivity contribution in [2.75, 3.05) is 6.61 Å². The fourth-order valence-electron chi connectivity index (χ4n) is 2.81. The van der Waals surface area contributed by atoms with E-state index in [2.05, 4.69) is 16.0 Å². The standard InChI is InChI=1S/C21H30N4O9/c1-11(27)17(22)20(32)24-14(9-12-5-3-2-4-6-12)18(30)25-15(10-26)19(31)23-13(21(33)34)7-8-16(28)29/h2-6,11,13-15,17,26-27H,7-10,22H2,1H3,(H,23,31)(H,24,32)(H,25,30)(H,28,29)(H,33,34). The van der Waals surface area contributed by atoms with Crippen LogP contribution in [0.15, 0.2) is 30.3 Å². The summed E-state index contributed by atoms with van der Waals surface area (Å²) in [5, 5.41) is 43.7. The minimum Gasteiger partial charge on any atom is -0.481 e. The number of nitrogens with two attached hydrogens (primary N) is 1. The quantitative estimate of drug-likeness (QED) is 0.137. The van der Waals surface area contributed by atoms with Crippen LogP contribution in [0.4, 0.5) is 0 Å². The fraction of sp³-hybridized carbons (Fsp3) is 0.476. The number of aliphatic carboxylic acids is 2. The Balaban J connectivity index is 2.97. The smallest absolute Gasteiger partial charge is 0.326 e. The van der Waals surface area contributed by atoms with E-state index in [1.807, 2.05) is 0 Å². The number of carboxylic acids is 2. The molecule has 34 heavy (non-hydrogen) atoms. The molecule has 3 amide bonds. The molecule has 0 bridgehead atoms. The zero-order valence-electron chi connectivity index (χ0n) is 18.5. The van der Waals surface area contributed by atoms with Crippen molar-refractivity contribution in [3.05, 3.63) is 35.9 Å². The summed E-state index contributed by atoms with van der Waals surface area (Å²) < 4.78 is 0. The van der Waals surface area contributed by atoms with E-state index in [9.17, 15) is 39.3 Å². The normalized spacial score (nSPS) is 15.2. The van der Waals surface area contributed by atoms with Crippen LogP contribution in [0, 0.1) is 0 Å². The van der Waals surface area contributed by atoms with Crippen LogP contribution in [-0.4, -0.2) is 87.0 Å². The van der Waals surface area contributed by atoms with Gasteiger partial charge in [0.15, 0.2) is 0 Å². The van der Waals surface area contributed by atoms with Gasteiger partial charge in [0.05, 0.1) is 12.7 Å². The summed E-state index contributed by atoms with van der Waals surface area (Å²) in [6.07, 6.45) is -2.15. The highest BCUT2D eigenvalue weighted by molar-refractivity contribution is 5.94. The molecule has 13 nitrogen and oxygen atoms in total. The van der Waals surface area contributed by atoms with Crippen LogP contribution in [0.1, 0.15) is 25.3 Å². The first kappa shape index (κ1) is 28.5. The van der Waals surface area contributed by atoms with E-state index in [1.54, 1.807) is 30.3 Å². The summed E-state index contributed by atoms with van der Waals surface area (Å²) in [6, 6.07) is 2.84. The summed E-state index contributed by atoms with van der Waals surface area (Å²) in [5.41, 5.74) is 6.27. The van der Waals surface area contributed by atoms with Gasteiger partial charge < -0.3 is 42.1 Å². The van der Waals surface area contributed by atoms with E-state index >= 15 is 0 Å². The second kappa shape index (κ2) is 13.9. The van der Waals surface area contributed by atoms with Crippen LogP contribution in [0.2, 0.25) is 0 Å². The monoisotopic (exact) mass is 482 g/mol. The van der Waals surface area contributed by atoms with Crippen molar-refractivity contribution in [1.29, 1.82) is 0 Å². The van der Waals surface area contributed by atoms with Crippen LogP contribution in [0.25, 0.3) is 0 Å². The van der Waals surface area contributed by atoms with Crippen molar-refractivity contribution in [3.63, 3.8) is 0 Å². The zero-order chi connectivity index (χ0) is 25.8. The van der Waals surface area contributed by atoms with Gasteiger partial charge in [-0.15, -0.1) is 0 Å². The van der Waals surface area contributed by atoms with Gasteiger partial charge in [-0.2, -0.15) is 0 Å². The number of benzene rings is 1. The lowest BCUT2D eigenvalue weighted by atomic mass is 10.0. The van der Waals surface area contributed by atoms with E-state index in [1.165, 1.54) is 6.92 Å². The molecule has 1 rings (SSSR count). The Morgan fingerprint density at radius 2 is 1.41 bits per heavy atom. The van der Waals surface area contributed by atoms with Crippen molar-refractivity contribution in [1.82, 2.24) is 16.0 Å². The molecule has 5 atom stereocenters. The first-order chi connectivity index (χ1) is 16.0. The minimum absolute atomic E-state index is 0.0128. The Hall–Kier alpha value is -3.55. The molecular formula is C21H30N4O9. The third-order valence-corrected chi connectivity index (χ3v) is 4.82. The summed E-state index contributed by atoms with van der Waals surface area (Å²) in [4.78, 5) is 59.6. The predicted molar refractivity (Wildman–Crippen MR) is 117 cm³/mol. The number of carbonyl (C=O) groups is 5. The molecule has 9 N–H and O–H groups in total. The van der Waals surface area contributed by atoms with Gasteiger partial charge in [0.2, 0.25) is 17.7 Å². The van der Waals surface area contributed by atoms with Gasteiger partial charge in [-0.3, -0.25) is 19.2 Å². The molecule has 0 radical (unpaired) electrons. The number of carbonyl (C=O) groups excluding carboxylic acids is 3. The third-order valence-electron chi connectivity index (χ3n) is 4.82. The van der Waals surface area contributed by atoms with Crippen molar-refractivity contribution < 1.29 is 44.4 Å². The molecule has 13 heteroatoms. The van der Waals surface area contributed by atoms with Crippen LogP contribution >= 0.6 is 0 Å². The highest BCUT2D eigenvalue weighted by atomic mass is 16.4. The van der Waals surface area contributed by atoms with Gasteiger partial charge in [-0.05, 0) is 18.9 Å². The number of nitrogens with one attached hydrogen (secondary N) is 3. The summed E-state index contributed by atoms with van der Waals surface area (Å²) in [7, 11) is 0. The maximum atomic E-state index is 12.9. The molecule has 0 saturated carbocycles. The Morgan fingerprint density at radius 1 is 0.882 bits per heavy atom. The Labute approximate surface area is 195 Å². The SMILES string of the molecule is CC(O)C(N)C(=O)NC(Cc1ccccc1)C(=O)NC(CO)C(=O)NC(CCC(=O)O)C(=O)O. The van der Waals surface area contributed by atoms with Gasteiger partial charge >= 0.3 is 11.9 Å². The van der Waals surface area contributed by atoms with Gasteiger partial charge in [-0.1, -0.05) is 30.3 Å². The highest BCUT2D eigenvalue weighted by Gasteiger charge is 2.31. The number of amides is 3. The number of hydrogen-bond acceptors (Lipinski definition) is 8. The molecule has 1 aromatic carbocycles. The predicted octanol–water partition coefficient (Wildman–Crippen LogP) is -2.67. The molecule has 0 heterocycles. The second-order valence-corrected chi connectivity index (χ2v) is 7.59. The average Bonchev–Trinajstić information content (AvgIpc) is 2.78. The number of aliphatic hydroxyl groups excluding tert-OH is 2. The highest BCUT2D eigenvalue weighted by Crippen LogP contribution is 2.05. The number of hydrogen-bond donors (Lipinski definition) is 8. The summed E-state index contributed by atoms with van der Waals surface area (Å²) in [6.45, 7) is 0.397. The van der Waals surface area contributed by atoms with Crippen LogP contribution in [0.3, 0.4) is 0 Å². The first-order valence-corrected chi connectivity index (χ1v) is 10.4. The van der Waals surface area contributed by atoms with Crippen molar-refractivity contribution in [2.24, 2.45) is 5.73 Å². The molecule has 0 fully saturated rings. The molecule has 5 unspecified atom stereocenters.